The van der Waals surface area contributed by atoms with Gasteiger partial charge in [-0.25, -0.2) is 18.7 Å². The van der Waals surface area contributed by atoms with E-state index in [0.717, 1.165) is 22.1 Å². The van der Waals surface area contributed by atoms with Gasteiger partial charge in [0.25, 0.3) is 11.8 Å². The topological polar surface area (TPSA) is 131 Å². The highest BCUT2D eigenvalue weighted by molar-refractivity contribution is 9.10. The molecule has 49 heavy (non-hydrogen) atoms. The summed E-state index contributed by atoms with van der Waals surface area (Å²) in [5, 5.41) is 15.9. The summed E-state index contributed by atoms with van der Waals surface area (Å²) in [5.74, 6) is -0.638. The van der Waals surface area contributed by atoms with E-state index >= 15 is 0 Å². The first-order valence-electron chi connectivity index (χ1n) is 16.2. The Kier molecular flexibility index (Phi) is 9.29. The van der Waals surface area contributed by atoms with Crippen LogP contribution in [0.25, 0.3) is 17.1 Å². The number of hydrogen-bond acceptors (Lipinski definition) is 7. The molecule has 3 aromatic carbocycles. The normalized spacial score (nSPS) is 16.9. The zero-order chi connectivity index (χ0) is 33.9. The number of anilines is 1. The van der Waals surface area contributed by atoms with Gasteiger partial charge < -0.3 is 15.1 Å². The maximum atomic E-state index is 13.6. The Balaban J connectivity index is 0.946. The fourth-order valence-electron chi connectivity index (χ4n) is 6.27. The predicted molar refractivity (Wildman–Crippen MR) is 182 cm³/mol. The summed E-state index contributed by atoms with van der Waals surface area (Å²) < 4.78 is 17.7. The van der Waals surface area contributed by atoms with Crippen LogP contribution in [-0.2, 0) is 16.1 Å². The molecule has 0 radical (unpaired) electrons. The number of carbonyl (C=O) groups excluding carboxylic acids is 3. The van der Waals surface area contributed by atoms with Gasteiger partial charge in [-0.1, -0.05) is 51.5 Å². The molecule has 5 aromatic rings. The number of benzene rings is 3. The highest BCUT2D eigenvalue weighted by Gasteiger charge is 2.33. The van der Waals surface area contributed by atoms with E-state index in [1.54, 1.807) is 37.5 Å². The molecule has 2 aliphatic heterocycles. The number of aromatic nitrogens is 6. The summed E-state index contributed by atoms with van der Waals surface area (Å²) in [6.45, 7) is 1.57. The lowest BCUT2D eigenvalue weighted by molar-refractivity contribution is -0.126. The van der Waals surface area contributed by atoms with Crippen LogP contribution in [0.1, 0.15) is 48.0 Å². The van der Waals surface area contributed by atoms with Crippen LogP contribution < -0.4 is 10.2 Å². The highest BCUT2D eigenvalue weighted by Crippen LogP contribution is 2.29. The van der Waals surface area contributed by atoms with Crippen LogP contribution in [-0.4, -0.2) is 72.0 Å². The second-order valence-electron chi connectivity index (χ2n) is 12.1. The number of nitrogens with one attached hydrogen (secondary N) is 1. The lowest BCUT2D eigenvalue weighted by Crippen LogP contribution is -2.43. The van der Waals surface area contributed by atoms with Gasteiger partial charge in [0.1, 0.15) is 17.6 Å². The van der Waals surface area contributed by atoms with Crippen molar-refractivity contribution in [1.29, 1.82) is 0 Å². The predicted octanol–water partition coefficient (Wildman–Crippen LogP) is 4.96. The van der Waals surface area contributed by atoms with E-state index in [1.165, 1.54) is 12.1 Å². The smallest absolute Gasteiger partial charge is 0.293 e. The van der Waals surface area contributed by atoms with Crippen molar-refractivity contribution in [3.8, 4) is 17.1 Å². The lowest BCUT2D eigenvalue weighted by Gasteiger charge is -2.32. The molecule has 1 atom stereocenters. The third kappa shape index (κ3) is 7.00. The molecule has 1 N–H and O–H groups in total. The minimum absolute atomic E-state index is 0.0329. The highest BCUT2D eigenvalue weighted by atomic mass is 79.9. The van der Waals surface area contributed by atoms with Gasteiger partial charge in [0.15, 0.2) is 5.82 Å². The second kappa shape index (κ2) is 14.1. The quantitative estimate of drug-likeness (QED) is 0.239. The van der Waals surface area contributed by atoms with Crippen molar-refractivity contribution < 1.29 is 18.8 Å². The molecule has 4 heterocycles. The van der Waals surface area contributed by atoms with Crippen LogP contribution in [0.5, 0.6) is 0 Å². The molecule has 0 saturated carbocycles. The van der Waals surface area contributed by atoms with Crippen LogP contribution in [0, 0.1) is 11.7 Å². The molecule has 2 saturated heterocycles. The maximum absolute atomic E-state index is 13.6. The van der Waals surface area contributed by atoms with Gasteiger partial charge in [-0.05, 0) is 74.2 Å². The summed E-state index contributed by atoms with van der Waals surface area (Å²) in [6.07, 6.45) is 4.18. The van der Waals surface area contributed by atoms with Crippen LogP contribution in [0.15, 0.2) is 89.5 Å². The van der Waals surface area contributed by atoms with Gasteiger partial charge in [-0.2, -0.15) is 0 Å². The number of rotatable bonds is 8. The molecule has 0 spiro atoms. The Hall–Kier alpha value is -5.24. The number of nitrogens with zero attached hydrogens (tertiary/aromatic N) is 8. The van der Waals surface area contributed by atoms with Crippen molar-refractivity contribution in [2.45, 2.75) is 38.3 Å². The summed E-state index contributed by atoms with van der Waals surface area (Å²) >= 11 is 3.44. The van der Waals surface area contributed by atoms with Gasteiger partial charge >= 0.3 is 0 Å². The summed E-state index contributed by atoms with van der Waals surface area (Å²) in [4.78, 5) is 48.0. The standard InChI is InChI=1S/C35H33BrFN9O3/c36-25-8-12-28(13-9-25)44-18-4-7-30(34(44)48)45-22-27(40-42-45)21-38-33(47)24-16-19-43(20-17-24)35(49)31-39-32(23-5-2-1-3-6-23)46(41-31)29-14-10-26(37)11-15-29/h1-3,5-6,8-15,22,24,30H,4,7,16-21H2,(H,38,47). The third-order valence-electron chi connectivity index (χ3n) is 8.92. The fraction of sp³-hybridized carbons (Fsp3) is 0.286. The molecular formula is C35H33BrFN9O3. The summed E-state index contributed by atoms with van der Waals surface area (Å²) in [5.41, 5.74) is 2.75. The first kappa shape index (κ1) is 32.3. The lowest BCUT2D eigenvalue weighted by atomic mass is 9.96. The van der Waals surface area contributed by atoms with E-state index in [0.29, 0.717) is 56.1 Å². The Morgan fingerprint density at radius 3 is 2.35 bits per heavy atom. The number of amides is 3. The maximum Gasteiger partial charge on any atom is 0.293 e. The minimum Gasteiger partial charge on any atom is -0.350 e. The van der Waals surface area contributed by atoms with Crippen molar-refractivity contribution in [2.24, 2.45) is 5.92 Å². The molecular weight excluding hydrogens is 693 g/mol. The molecule has 250 valence electrons. The van der Waals surface area contributed by atoms with E-state index < -0.39 is 6.04 Å². The fourth-order valence-corrected chi connectivity index (χ4v) is 6.54. The summed E-state index contributed by atoms with van der Waals surface area (Å²) in [7, 11) is 0. The summed E-state index contributed by atoms with van der Waals surface area (Å²) in [6, 6.07) is 22.4. The minimum atomic E-state index is -0.462. The average molecular weight is 727 g/mol. The van der Waals surface area contributed by atoms with E-state index in [9.17, 15) is 18.8 Å². The molecule has 12 nitrogen and oxygen atoms in total. The van der Waals surface area contributed by atoms with Crippen molar-refractivity contribution in [3.05, 3.63) is 107 Å². The number of carbonyl (C=O) groups is 3. The zero-order valence-electron chi connectivity index (χ0n) is 26.5. The Bertz CT molecular complexity index is 1960. The van der Waals surface area contributed by atoms with E-state index in [1.807, 2.05) is 54.6 Å². The third-order valence-corrected chi connectivity index (χ3v) is 9.45. The molecule has 0 bridgehead atoms. The number of hydrogen-bond donors (Lipinski definition) is 1. The van der Waals surface area contributed by atoms with E-state index in [-0.39, 0.29) is 41.8 Å². The molecule has 2 aliphatic rings. The van der Waals surface area contributed by atoms with Crippen LogP contribution in [0.2, 0.25) is 0 Å². The Labute approximate surface area is 290 Å². The molecule has 2 aromatic heterocycles. The van der Waals surface area contributed by atoms with Gasteiger partial charge in [-0.3, -0.25) is 14.4 Å². The van der Waals surface area contributed by atoms with Gasteiger partial charge in [0, 0.05) is 41.3 Å². The van der Waals surface area contributed by atoms with Crippen molar-refractivity contribution in [1.82, 2.24) is 40.0 Å². The van der Waals surface area contributed by atoms with E-state index in [2.05, 4.69) is 41.6 Å². The largest absolute Gasteiger partial charge is 0.350 e. The molecule has 14 heteroatoms. The van der Waals surface area contributed by atoms with Crippen LogP contribution in [0.4, 0.5) is 10.1 Å². The molecule has 1 unspecified atom stereocenters. The SMILES string of the molecule is O=C(NCc1cn(C2CCCN(c3ccc(Br)cc3)C2=O)nn1)C1CCN(C(=O)c2nc(-c3ccccc3)n(-c3ccc(F)cc3)n2)CC1. The number of likely N-dealkylation sites (tertiary alicyclic amines) is 1. The number of halogens is 2. The van der Waals surface area contributed by atoms with Crippen LogP contribution in [0.3, 0.4) is 0 Å². The molecule has 3 amide bonds. The van der Waals surface area contributed by atoms with Crippen molar-refractivity contribution >= 4 is 39.3 Å². The van der Waals surface area contributed by atoms with Gasteiger partial charge in [0.05, 0.1) is 18.4 Å². The monoisotopic (exact) mass is 725 g/mol. The first-order chi connectivity index (χ1) is 23.8. The number of piperidine rings is 2. The second-order valence-corrected chi connectivity index (χ2v) is 13.0. The first-order valence-corrected chi connectivity index (χ1v) is 17.0. The molecule has 0 aliphatic carbocycles. The van der Waals surface area contributed by atoms with Crippen LogP contribution >= 0.6 is 15.9 Å². The van der Waals surface area contributed by atoms with Crippen molar-refractivity contribution in [2.75, 3.05) is 24.5 Å². The zero-order valence-corrected chi connectivity index (χ0v) is 28.0. The van der Waals surface area contributed by atoms with Crippen molar-refractivity contribution in [3.63, 3.8) is 0 Å². The van der Waals surface area contributed by atoms with E-state index in [4.69, 9.17) is 0 Å². The molecule has 2 fully saturated rings. The Morgan fingerprint density at radius 2 is 1.61 bits per heavy atom. The van der Waals surface area contributed by atoms with Gasteiger partial charge in [0.2, 0.25) is 11.7 Å². The van der Waals surface area contributed by atoms with Gasteiger partial charge in [-0.15, -0.1) is 10.2 Å². The Morgan fingerprint density at radius 1 is 0.898 bits per heavy atom. The molecule has 7 rings (SSSR count). The average Bonchev–Trinajstić information content (AvgIpc) is 3.80.